The minimum atomic E-state index is 0.416. The summed E-state index contributed by atoms with van der Waals surface area (Å²) >= 11 is 0. The lowest BCUT2D eigenvalue weighted by Crippen LogP contribution is -2.49. The summed E-state index contributed by atoms with van der Waals surface area (Å²) in [6.45, 7) is 2.25. The van der Waals surface area contributed by atoms with Gasteiger partial charge in [-0.05, 0) is 85.3 Å². The molecule has 0 N–H and O–H groups in total. The van der Waals surface area contributed by atoms with E-state index < -0.39 is 0 Å². The van der Waals surface area contributed by atoms with Crippen LogP contribution in [0.15, 0.2) is 18.2 Å². The molecule has 0 radical (unpaired) electrons. The second-order valence-electron chi connectivity index (χ2n) is 7.59. The fourth-order valence-corrected chi connectivity index (χ4v) is 5.91. The van der Waals surface area contributed by atoms with E-state index in [-0.39, 0.29) is 0 Å². The van der Waals surface area contributed by atoms with Crippen molar-refractivity contribution in [2.75, 3.05) is 0 Å². The van der Waals surface area contributed by atoms with Gasteiger partial charge in [-0.3, -0.25) is 4.79 Å². The fourth-order valence-electron chi connectivity index (χ4n) is 5.91. The molecule has 1 nitrogen and oxygen atoms in total. The van der Waals surface area contributed by atoms with Crippen LogP contribution in [0.4, 0.5) is 0 Å². The van der Waals surface area contributed by atoms with Crippen molar-refractivity contribution in [2.45, 2.75) is 57.3 Å². The monoisotopic (exact) mass is 268 g/mol. The van der Waals surface area contributed by atoms with Crippen molar-refractivity contribution in [3.05, 3.63) is 34.9 Å². The van der Waals surface area contributed by atoms with Crippen LogP contribution in [0.2, 0.25) is 0 Å². The molecule has 0 aromatic heterocycles. The molecule has 4 fully saturated rings. The van der Waals surface area contributed by atoms with E-state index in [1.807, 2.05) is 6.07 Å². The van der Waals surface area contributed by atoms with Crippen molar-refractivity contribution >= 4 is 6.29 Å². The van der Waals surface area contributed by atoms with E-state index >= 15 is 0 Å². The first-order valence-corrected chi connectivity index (χ1v) is 8.31. The maximum atomic E-state index is 11.2. The summed E-state index contributed by atoms with van der Waals surface area (Å²) in [5.74, 6) is 2.89. The van der Waals surface area contributed by atoms with Gasteiger partial charge in [-0.15, -0.1) is 0 Å². The van der Waals surface area contributed by atoms with Crippen molar-refractivity contribution in [3.8, 4) is 0 Å². The number of aldehydes is 1. The number of carbonyl (C=O) groups excluding carboxylic acids is 1. The minimum Gasteiger partial charge on any atom is -0.298 e. The maximum absolute atomic E-state index is 11.2. The van der Waals surface area contributed by atoms with Crippen molar-refractivity contribution in [1.29, 1.82) is 0 Å². The Morgan fingerprint density at radius 1 is 1.10 bits per heavy atom. The zero-order valence-corrected chi connectivity index (χ0v) is 12.4. The molecule has 1 heteroatoms. The summed E-state index contributed by atoms with van der Waals surface area (Å²) in [6.07, 6.45) is 10.7. The highest BCUT2D eigenvalue weighted by Gasteiger charge is 2.52. The molecule has 1 aromatic rings. The van der Waals surface area contributed by atoms with E-state index in [2.05, 4.69) is 19.1 Å². The molecule has 0 spiro atoms. The molecule has 0 aliphatic heterocycles. The number of aryl methyl sites for hydroxylation is 1. The zero-order valence-electron chi connectivity index (χ0n) is 12.4. The third kappa shape index (κ3) is 1.78. The largest absolute Gasteiger partial charge is 0.298 e. The second kappa shape index (κ2) is 4.44. The third-order valence-electron chi connectivity index (χ3n) is 6.26. The van der Waals surface area contributed by atoms with E-state index in [1.54, 1.807) is 0 Å². The Labute approximate surface area is 121 Å². The highest BCUT2D eigenvalue weighted by molar-refractivity contribution is 5.75. The number of rotatable bonds is 3. The lowest BCUT2D eigenvalue weighted by molar-refractivity contribution is -0.00557. The lowest BCUT2D eigenvalue weighted by atomic mass is 9.47. The molecule has 5 rings (SSSR count). The second-order valence-corrected chi connectivity index (χ2v) is 7.59. The topological polar surface area (TPSA) is 17.1 Å². The Kier molecular flexibility index (Phi) is 2.80. The van der Waals surface area contributed by atoms with Gasteiger partial charge in [0.25, 0.3) is 0 Å². The fraction of sp³-hybridized carbons (Fsp3) is 0.632. The van der Waals surface area contributed by atoms with Gasteiger partial charge in [0, 0.05) is 5.56 Å². The van der Waals surface area contributed by atoms with Gasteiger partial charge in [0.1, 0.15) is 6.29 Å². The molecule has 4 aliphatic rings. The van der Waals surface area contributed by atoms with Gasteiger partial charge in [0.2, 0.25) is 0 Å². The van der Waals surface area contributed by atoms with Crippen LogP contribution in [-0.4, -0.2) is 6.29 Å². The number of hydrogen-bond donors (Lipinski definition) is 0. The smallest absolute Gasteiger partial charge is 0.150 e. The van der Waals surface area contributed by atoms with E-state index in [9.17, 15) is 4.79 Å². The predicted molar refractivity (Wildman–Crippen MR) is 81.1 cm³/mol. The Morgan fingerprint density at radius 2 is 1.70 bits per heavy atom. The molecule has 0 saturated heterocycles. The Balaban J connectivity index is 1.81. The molecule has 4 aliphatic carbocycles. The van der Waals surface area contributed by atoms with E-state index in [1.165, 1.54) is 49.7 Å². The summed E-state index contributed by atoms with van der Waals surface area (Å²) in [4.78, 5) is 11.2. The van der Waals surface area contributed by atoms with Crippen LogP contribution >= 0.6 is 0 Å². The zero-order chi connectivity index (χ0) is 13.7. The Bertz CT molecular complexity index is 507. The van der Waals surface area contributed by atoms with E-state index in [0.29, 0.717) is 5.41 Å². The van der Waals surface area contributed by atoms with Crippen molar-refractivity contribution in [1.82, 2.24) is 0 Å². The Hall–Kier alpha value is -1.11. The average Bonchev–Trinajstić information content (AvgIpc) is 2.45. The normalized spacial score (nSPS) is 38.1. The van der Waals surface area contributed by atoms with Crippen LogP contribution in [0.5, 0.6) is 0 Å². The van der Waals surface area contributed by atoms with Gasteiger partial charge in [-0.1, -0.05) is 19.1 Å². The molecular weight excluding hydrogens is 244 g/mol. The van der Waals surface area contributed by atoms with Crippen LogP contribution in [0.25, 0.3) is 0 Å². The van der Waals surface area contributed by atoms with Gasteiger partial charge in [0.15, 0.2) is 0 Å². The van der Waals surface area contributed by atoms with Crippen LogP contribution in [0.1, 0.15) is 66.9 Å². The molecule has 20 heavy (non-hydrogen) atoms. The number of hydrogen-bond acceptors (Lipinski definition) is 1. The summed E-state index contributed by atoms with van der Waals surface area (Å²) in [7, 11) is 0. The summed E-state index contributed by atoms with van der Waals surface area (Å²) in [6, 6.07) is 6.42. The summed E-state index contributed by atoms with van der Waals surface area (Å²) < 4.78 is 0. The van der Waals surface area contributed by atoms with Gasteiger partial charge in [0.05, 0.1) is 0 Å². The Morgan fingerprint density at radius 3 is 2.20 bits per heavy atom. The van der Waals surface area contributed by atoms with Crippen LogP contribution in [0, 0.1) is 17.8 Å². The van der Waals surface area contributed by atoms with Crippen LogP contribution in [0.3, 0.4) is 0 Å². The summed E-state index contributed by atoms with van der Waals surface area (Å²) in [5, 5.41) is 0. The van der Waals surface area contributed by atoms with Gasteiger partial charge >= 0.3 is 0 Å². The average molecular weight is 268 g/mol. The standard InChI is InChI=1S/C19H24O/c1-2-17-4-3-13(12-20)8-18(17)19-9-14-5-15(10-19)7-16(6-14)11-19/h3-4,8,12,14-16H,2,5-7,9-11H2,1H3. The van der Waals surface area contributed by atoms with Crippen LogP contribution in [-0.2, 0) is 11.8 Å². The quantitative estimate of drug-likeness (QED) is 0.736. The summed E-state index contributed by atoms with van der Waals surface area (Å²) in [5.41, 5.74) is 4.30. The van der Waals surface area contributed by atoms with Crippen molar-refractivity contribution in [2.24, 2.45) is 17.8 Å². The molecule has 0 amide bonds. The minimum absolute atomic E-state index is 0.416. The highest BCUT2D eigenvalue weighted by atomic mass is 16.1. The van der Waals surface area contributed by atoms with E-state index in [4.69, 9.17) is 0 Å². The molecule has 4 bridgehead atoms. The first-order chi connectivity index (χ1) is 9.72. The number of benzene rings is 1. The molecule has 0 atom stereocenters. The molecule has 0 heterocycles. The van der Waals surface area contributed by atoms with E-state index in [0.717, 1.165) is 36.0 Å². The van der Waals surface area contributed by atoms with Gasteiger partial charge < -0.3 is 0 Å². The van der Waals surface area contributed by atoms with Gasteiger partial charge in [-0.2, -0.15) is 0 Å². The van der Waals surface area contributed by atoms with Gasteiger partial charge in [-0.25, -0.2) is 0 Å². The number of carbonyl (C=O) groups is 1. The van der Waals surface area contributed by atoms with Crippen LogP contribution < -0.4 is 0 Å². The SMILES string of the molecule is CCc1ccc(C=O)cc1C12CC3CC(CC(C3)C1)C2. The van der Waals surface area contributed by atoms with Crippen molar-refractivity contribution < 1.29 is 4.79 Å². The highest BCUT2D eigenvalue weighted by Crippen LogP contribution is 2.61. The first-order valence-electron chi connectivity index (χ1n) is 8.31. The first kappa shape index (κ1) is 12.6. The lowest BCUT2D eigenvalue weighted by Gasteiger charge is -2.57. The molecule has 0 unspecified atom stereocenters. The molecule has 106 valence electrons. The third-order valence-corrected chi connectivity index (χ3v) is 6.26. The maximum Gasteiger partial charge on any atom is 0.150 e. The molecular formula is C19H24O. The molecule has 4 saturated carbocycles. The van der Waals surface area contributed by atoms with Crippen molar-refractivity contribution in [3.63, 3.8) is 0 Å². The molecule has 1 aromatic carbocycles. The predicted octanol–water partition coefficient (Wildman–Crippen LogP) is 4.53.